The van der Waals surface area contributed by atoms with Crippen LogP contribution in [0, 0.1) is 5.41 Å². The zero-order valence-electron chi connectivity index (χ0n) is 13.4. The summed E-state index contributed by atoms with van der Waals surface area (Å²) in [5.74, 6) is -0.537. The molecule has 0 saturated carbocycles. The fourth-order valence-electron chi connectivity index (χ4n) is 2.56. The van der Waals surface area contributed by atoms with Gasteiger partial charge in [0.2, 0.25) is 10.0 Å². The molecule has 0 saturated heterocycles. The number of sulfonamides is 1. The first-order valence-corrected chi connectivity index (χ1v) is 9.02. The molecule has 1 amide bonds. The molecule has 0 aliphatic heterocycles. The van der Waals surface area contributed by atoms with E-state index in [9.17, 15) is 13.2 Å². The highest BCUT2D eigenvalue weighted by molar-refractivity contribution is 7.89. The number of rotatable bonds is 4. The van der Waals surface area contributed by atoms with Gasteiger partial charge in [-0.1, -0.05) is 39.0 Å². The fourth-order valence-corrected chi connectivity index (χ4v) is 3.04. The summed E-state index contributed by atoms with van der Waals surface area (Å²) < 4.78 is 26.1. The van der Waals surface area contributed by atoms with Crippen LogP contribution >= 0.6 is 0 Å². The number of aromatic nitrogens is 1. The zero-order valence-corrected chi connectivity index (χ0v) is 14.2. The van der Waals surface area contributed by atoms with E-state index in [1.165, 1.54) is 0 Å². The molecule has 0 spiro atoms. The number of nitrogens with zero attached hydrogens (tertiary/aromatic N) is 1. The summed E-state index contributed by atoms with van der Waals surface area (Å²) in [6.07, 6.45) is 3.80. The van der Waals surface area contributed by atoms with Crippen LogP contribution in [0.5, 0.6) is 0 Å². The second kappa shape index (κ2) is 5.76. The second-order valence-electron chi connectivity index (χ2n) is 6.83. The molecule has 0 radical (unpaired) electrons. The van der Waals surface area contributed by atoms with E-state index in [1.807, 2.05) is 35.2 Å². The number of amides is 1. The van der Waals surface area contributed by atoms with E-state index in [1.54, 1.807) is 4.57 Å². The Kier molecular flexibility index (Phi) is 4.33. The number of carbonyl (C=O) groups excluding carboxylic acids is 1. The summed E-state index contributed by atoms with van der Waals surface area (Å²) in [6, 6.07) is 7.85. The van der Waals surface area contributed by atoms with Crippen LogP contribution in [0.25, 0.3) is 10.9 Å². The summed E-state index contributed by atoms with van der Waals surface area (Å²) >= 11 is 0. The van der Waals surface area contributed by atoms with Crippen LogP contribution in [0.3, 0.4) is 0 Å². The van der Waals surface area contributed by atoms with Crippen molar-refractivity contribution in [2.45, 2.75) is 33.7 Å². The Morgan fingerprint density at radius 3 is 2.45 bits per heavy atom. The first kappa shape index (κ1) is 16.5. The summed E-state index contributed by atoms with van der Waals surface area (Å²) in [5, 5.41) is 1.10. The van der Waals surface area contributed by atoms with E-state index < -0.39 is 15.9 Å². The van der Waals surface area contributed by atoms with Crippen molar-refractivity contribution in [3.8, 4) is 0 Å². The topological polar surface area (TPSA) is 68.2 Å². The van der Waals surface area contributed by atoms with Crippen LogP contribution in [0.4, 0.5) is 0 Å². The molecule has 6 heteroatoms. The molecule has 0 atom stereocenters. The number of nitrogens with one attached hydrogen (secondary N) is 1. The standard InChI is InChI=1S/C16H22N2O3S/c1-16(2,3)9-12-10-18(11-15(19)17-22(4,20)21)14-8-6-5-7-13(12)14/h5-8,10H,9,11H2,1-4H3,(H,17,19). The van der Waals surface area contributed by atoms with Gasteiger partial charge in [0.15, 0.2) is 0 Å². The number of para-hydroxylation sites is 1. The smallest absolute Gasteiger partial charge is 0.253 e. The molecule has 0 unspecified atom stereocenters. The third-order valence-electron chi connectivity index (χ3n) is 3.21. The average Bonchev–Trinajstić information content (AvgIpc) is 2.63. The van der Waals surface area contributed by atoms with E-state index in [4.69, 9.17) is 0 Å². The van der Waals surface area contributed by atoms with Gasteiger partial charge in [0.1, 0.15) is 6.54 Å². The van der Waals surface area contributed by atoms with Crippen molar-refractivity contribution < 1.29 is 13.2 Å². The summed E-state index contributed by atoms with van der Waals surface area (Å²) in [7, 11) is -3.53. The van der Waals surface area contributed by atoms with E-state index >= 15 is 0 Å². The van der Waals surface area contributed by atoms with Crippen molar-refractivity contribution in [1.82, 2.24) is 9.29 Å². The van der Waals surface area contributed by atoms with Gasteiger partial charge in [-0.3, -0.25) is 9.52 Å². The fraction of sp³-hybridized carbons (Fsp3) is 0.438. The lowest BCUT2D eigenvalue weighted by Gasteiger charge is -2.17. The van der Waals surface area contributed by atoms with Gasteiger partial charge in [0.25, 0.3) is 5.91 Å². The molecule has 0 aliphatic rings. The molecule has 0 fully saturated rings. The Balaban J connectivity index is 2.36. The highest BCUT2D eigenvalue weighted by Crippen LogP contribution is 2.28. The van der Waals surface area contributed by atoms with Crippen molar-refractivity contribution in [2.75, 3.05) is 6.26 Å². The van der Waals surface area contributed by atoms with Crippen molar-refractivity contribution in [3.05, 3.63) is 36.0 Å². The maximum absolute atomic E-state index is 11.9. The van der Waals surface area contributed by atoms with E-state index in [2.05, 4.69) is 20.8 Å². The Morgan fingerprint density at radius 1 is 1.23 bits per heavy atom. The maximum atomic E-state index is 11.9. The van der Waals surface area contributed by atoms with Crippen LogP contribution in [-0.2, 0) is 27.8 Å². The monoisotopic (exact) mass is 322 g/mol. The van der Waals surface area contributed by atoms with Gasteiger partial charge >= 0.3 is 0 Å². The highest BCUT2D eigenvalue weighted by atomic mass is 32.2. The summed E-state index contributed by atoms with van der Waals surface area (Å²) in [6.45, 7) is 6.47. The molecule has 2 aromatic rings. The maximum Gasteiger partial charge on any atom is 0.253 e. The molecule has 5 nitrogen and oxygen atoms in total. The van der Waals surface area contributed by atoms with E-state index in [0.29, 0.717) is 0 Å². The lowest BCUT2D eigenvalue weighted by atomic mass is 9.88. The number of benzene rings is 1. The predicted molar refractivity (Wildman–Crippen MR) is 88.1 cm³/mol. The summed E-state index contributed by atoms with van der Waals surface area (Å²) in [5.41, 5.74) is 2.23. The van der Waals surface area contributed by atoms with Crippen LogP contribution in [0.1, 0.15) is 26.3 Å². The van der Waals surface area contributed by atoms with Gasteiger partial charge in [-0.25, -0.2) is 8.42 Å². The number of hydrogen-bond acceptors (Lipinski definition) is 3. The van der Waals surface area contributed by atoms with Crippen LogP contribution in [-0.4, -0.2) is 25.1 Å². The molecule has 0 aliphatic carbocycles. The van der Waals surface area contributed by atoms with Gasteiger partial charge in [-0.2, -0.15) is 0 Å². The van der Waals surface area contributed by atoms with Crippen molar-refractivity contribution in [3.63, 3.8) is 0 Å². The minimum Gasteiger partial charge on any atom is -0.338 e. The minimum absolute atomic E-state index is 0.0161. The molecule has 2 rings (SSSR count). The summed E-state index contributed by atoms with van der Waals surface area (Å²) in [4.78, 5) is 11.9. The first-order chi connectivity index (χ1) is 10.1. The molecule has 1 aromatic carbocycles. The Labute approximate surface area is 131 Å². The Hall–Kier alpha value is -1.82. The van der Waals surface area contributed by atoms with Crippen LogP contribution in [0.15, 0.2) is 30.5 Å². The number of fused-ring (bicyclic) bond motifs is 1. The first-order valence-electron chi connectivity index (χ1n) is 7.12. The Bertz CT molecular complexity index is 798. The zero-order chi connectivity index (χ0) is 16.5. The quantitative estimate of drug-likeness (QED) is 0.939. The van der Waals surface area contributed by atoms with Gasteiger partial charge in [-0.15, -0.1) is 0 Å². The second-order valence-corrected chi connectivity index (χ2v) is 8.58. The van der Waals surface area contributed by atoms with Crippen molar-refractivity contribution in [2.24, 2.45) is 5.41 Å². The molecule has 22 heavy (non-hydrogen) atoms. The molecular weight excluding hydrogens is 300 g/mol. The lowest BCUT2D eigenvalue weighted by molar-refractivity contribution is -0.119. The highest BCUT2D eigenvalue weighted by Gasteiger charge is 2.17. The Morgan fingerprint density at radius 2 is 1.86 bits per heavy atom. The van der Waals surface area contributed by atoms with Gasteiger partial charge in [-0.05, 0) is 23.5 Å². The number of hydrogen-bond donors (Lipinski definition) is 1. The number of carbonyl (C=O) groups is 1. The van der Waals surface area contributed by atoms with Crippen LogP contribution in [0.2, 0.25) is 0 Å². The molecule has 1 aromatic heterocycles. The third-order valence-corrected chi connectivity index (χ3v) is 3.80. The van der Waals surface area contributed by atoms with E-state index in [-0.39, 0.29) is 12.0 Å². The molecule has 120 valence electrons. The largest absolute Gasteiger partial charge is 0.338 e. The minimum atomic E-state index is -3.53. The van der Waals surface area contributed by atoms with Gasteiger partial charge in [0.05, 0.1) is 6.26 Å². The van der Waals surface area contributed by atoms with Crippen molar-refractivity contribution in [1.29, 1.82) is 0 Å². The third kappa shape index (κ3) is 4.34. The van der Waals surface area contributed by atoms with Gasteiger partial charge in [0, 0.05) is 17.1 Å². The SMILES string of the molecule is CC(C)(C)Cc1cn(CC(=O)NS(C)(=O)=O)c2ccccc12. The average molecular weight is 322 g/mol. The molecular formula is C16H22N2O3S. The normalized spacial score (nSPS) is 12.5. The van der Waals surface area contributed by atoms with E-state index in [0.717, 1.165) is 29.1 Å². The molecule has 1 N–H and O–H groups in total. The molecule has 0 bridgehead atoms. The van der Waals surface area contributed by atoms with Crippen LogP contribution < -0.4 is 4.72 Å². The lowest BCUT2D eigenvalue weighted by Crippen LogP contribution is -2.32. The predicted octanol–water partition coefficient (Wildman–Crippen LogP) is 2.31. The van der Waals surface area contributed by atoms with Gasteiger partial charge < -0.3 is 4.57 Å². The molecule has 1 heterocycles. The van der Waals surface area contributed by atoms with Crippen molar-refractivity contribution >= 4 is 26.8 Å².